The molecule has 0 saturated heterocycles. The van der Waals surface area contributed by atoms with Crippen LogP contribution >= 0.6 is 0 Å². The van der Waals surface area contributed by atoms with E-state index in [0.717, 1.165) is 38.5 Å². The summed E-state index contributed by atoms with van der Waals surface area (Å²) >= 11 is 0. The molecule has 1 unspecified atom stereocenters. The van der Waals surface area contributed by atoms with Crippen LogP contribution in [-0.2, 0) is 9.53 Å². The Morgan fingerprint density at radius 2 is 1.97 bits per heavy atom. The van der Waals surface area contributed by atoms with Crippen molar-refractivity contribution in [2.45, 2.75) is 76.9 Å². The smallest absolute Gasteiger partial charge is 0.410 e. The molecule has 0 aromatic carbocycles. The van der Waals surface area contributed by atoms with E-state index >= 15 is 0 Å². The third-order valence-electron chi connectivity index (χ3n) is 7.18. The van der Waals surface area contributed by atoms with E-state index in [2.05, 4.69) is 11.9 Å². The molecule has 5 N–H and O–H groups in total. The van der Waals surface area contributed by atoms with Crippen molar-refractivity contribution in [1.82, 2.24) is 14.9 Å². The van der Waals surface area contributed by atoms with Gasteiger partial charge in [-0.15, -0.1) is 0 Å². The largest absolute Gasteiger partial charge is 0.489 e. The number of hydrogen-bond donors (Lipinski definition) is 3. The average molecular weight is 490 g/mol. The summed E-state index contributed by atoms with van der Waals surface area (Å²) in [6.07, 6.45) is 6.19. The second kappa shape index (κ2) is 11.2. The number of hydrogen-bond acceptors (Lipinski definition) is 8. The maximum atomic E-state index is 12.7. The first kappa shape index (κ1) is 26.6. The number of aromatic nitrogens is 1. The van der Waals surface area contributed by atoms with Crippen LogP contribution in [0.3, 0.4) is 0 Å². The number of aliphatic carboxylic acids is 1. The Morgan fingerprint density at radius 1 is 1.26 bits per heavy atom. The minimum Gasteiger partial charge on any atom is -0.489 e. The topological polar surface area (TPSA) is 144 Å². The van der Waals surface area contributed by atoms with Crippen LogP contribution in [0.2, 0.25) is 0 Å². The predicted molar refractivity (Wildman–Crippen MR) is 132 cm³/mol. The van der Waals surface area contributed by atoms with Gasteiger partial charge >= 0.3 is 12.1 Å². The Labute approximate surface area is 207 Å². The third-order valence-corrected chi connectivity index (χ3v) is 7.18. The maximum absolute atomic E-state index is 12.7. The van der Waals surface area contributed by atoms with Crippen molar-refractivity contribution in [3.05, 3.63) is 29.2 Å². The molecule has 0 bridgehead atoms. The molecule has 1 heterocycles. The first-order valence-electron chi connectivity index (χ1n) is 12.3. The van der Waals surface area contributed by atoms with Gasteiger partial charge in [0.2, 0.25) is 0 Å². The lowest BCUT2D eigenvalue weighted by Crippen LogP contribution is -2.40. The van der Waals surface area contributed by atoms with Gasteiger partial charge in [0.25, 0.3) is 0 Å². The molecular weight excluding hydrogens is 450 g/mol. The van der Waals surface area contributed by atoms with Gasteiger partial charge in [0, 0.05) is 19.6 Å². The summed E-state index contributed by atoms with van der Waals surface area (Å²) < 4.78 is 11.6. The minimum absolute atomic E-state index is 0.0815. The minimum atomic E-state index is -0.774. The third kappa shape index (κ3) is 6.36. The highest BCUT2D eigenvalue weighted by atomic mass is 16.6. The van der Waals surface area contributed by atoms with Gasteiger partial charge in [-0.25, -0.2) is 15.6 Å². The van der Waals surface area contributed by atoms with Gasteiger partial charge in [-0.1, -0.05) is 13.3 Å². The Kier molecular flexibility index (Phi) is 8.47. The number of aryl methyl sites for hydroxylation is 1. The van der Waals surface area contributed by atoms with Gasteiger partial charge in [-0.2, -0.15) is 0 Å². The molecule has 2 aliphatic rings. The van der Waals surface area contributed by atoms with Gasteiger partial charge in [-0.3, -0.25) is 4.79 Å². The van der Waals surface area contributed by atoms with Gasteiger partial charge in [0.15, 0.2) is 0 Å². The van der Waals surface area contributed by atoms with Crippen molar-refractivity contribution in [3.63, 3.8) is 0 Å². The van der Waals surface area contributed by atoms with Crippen LogP contribution in [0.1, 0.15) is 69.7 Å². The number of amides is 1. The Balaban J connectivity index is 1.68. The Hall–Kier alpha value is -3.01. The Morgan fingerprint density at radius 3 is 2.54 bits per heavy atom. The average Bonchev–Trinajstić information content (AvgIpc) is 3.60. The molecule has 194 valence electrons. The van der Waals surface area contributed by atoms with Gasteiger partial charge in [-0.05, 0) is 64.0 Å². The molecule has 2 saturated carbocycles. The fourth-order valence-corrected chi connectivity index (χ4v) is 4.78. The van der Waals surface area contributed by atoms with Crippen LogP contribution in [0.25, 0.3) is 5.70 Å². The molecule has 10 nitrogen and oxygen atoms in total. The fourth-order valence-electron chi connectivity index (χ4n) is 4.78. The van der Waals surface area contributed by atoms with E-state index in [4.69, 9.17) is 21.1 Å². The van der Waals surface area contributed by atoms with Crippen molar-refractivity contribution < 1.29 is 24.2 Å². The molecule has 0 aliphatic heterocycles. The molecule has 10 heteroatoms. The van der Waals surface area contributed by atoms with Crippen LogP contribution in [0, 0.1) is 12.8 Å². The number of carboxylic acid groups (broad SMARTS) is 1. The summed E-state index contributed by atoms with van der Waals surface area (Å²) in [7, 11) is 3.41. The van der Waals surface area contributed by atoms with Crippen LogP contribution < -0.4 is 16.3 Å². The highest BCUT2D eigenvalue weighted by molar-refractivity contribution is 5.70. The molecule has 0 radical (unpaired) electrons. The first-order chi connectivity index (χ1) is 16.6. The molecule has 1 aromatic heterocycles. The lowest BCUT2D eigenvalue weighted by molar-refractivity contribution is -0.143. The van der Waals surface area contributed by atoms with E-state index in [-0.39, 0.29) is 24.2 Å². The van der Waals surface area contributed by atoms with Crippen molar-refractivity contribution >= 4 is 17.8 Å². The number of nitrogens with zero attached hydrogens (tertiary/aromatic N) is 3. The second-order valence-corrected chi connectivity index (χ2v) is 9.78. The molecule has 35 heavy (non-hydrogen) atoms. The SMILES string of the molecule is CCCC1(N(C)C(=O)OC/C(=C(/N)c2ccc(OC3CCC[C@H](C(=O)O)C3)c(C)n2)N(C)N)CC1. The molecule has 2 aliphatic carbocycles. The summed E-state index contributed by atoms with van der Waals surface area (Å²) in [5.41, 5.74) is 8.16. The first-order valence-corrected chi connectivity index (χ1v) is 12.3. The zero-order chi connectivity index (χ0) is 25.8. The highest BCUT2D eigenvalue weighted by Crippen LogP contribution is 2.45. The molecule has 1 amide bonds. The molecule has 1 aromatic rings. The predicted octanol–water partition coefficient (Wildman–Crippen LogP) is 3.25. The molecule has 2 fully saturated rings. The zero-order valence-corrected chi connectivity index (χ0v) is 21.2. The summed E-state index contributed by atoms with van der Waals surface area (Å²) in [6, 6.07) is 3.51. The van der Waals surface area contributed by atoms with E-state index in [1.807, 2.05) is 6.92 Å². The van der Waals surface area contributed by atoms with Crippen molar-refractivity contribution in [2.24, 2.45) is 17.5 Å². The van der Waals surface area contributed by atoms with E-state index in [0.29, 0.717) is 41.4 Å². The molecule has 3 rings (SSSR count). The van der Waals surface area contributed by atoms with E-state index < -0.39 is 12.1 Å². The number of pyridine rings is 1. The second-order valence-electron chi connectivity index (χ2n) is 9.78. The number of nitrogens with two attached hydrogens (primary N) is 2. The van der Waals surface area contributed by atoms with Crippen LogP contribution in [0.15, 0.2) is 17.8 Å². The number of rotatable bonds is 10. The number of carboxylic acids is 1. The Bertz CT molecular complexity index is 960. The number of carbonyl (C=O) groups is 2. The monoisotopic (exact) mass is 489 g/mol. The number of likely N-dealkylation sites (N-methyl/N-ethyl adjacent to an activating group) is 1. The summed E-state index contributed by atoms with van der Waals surface area (Å²) in [4.78, 5) is 30.3. The molecule has 0 spiro atoms. The van der Waals surface area contributed by atoms with Crippen molar-refractivity contribution in [3.8, 4) is 5.75 Å². The fraction of sp³-hybridized carbons (Fsp3) is 0.640. The standard InChI is InChI=1S/C25H39N5O5/c1-5-11-25(12-13-25)29(3)24(33)34-15-20(30(4)27)22(26)19-9-10-21(16(2)28-19)35-18-8-6-7-17(14-18)23(31)32/h9-10,17-18H,5-8,11-15,26-27H2,1-4H3,(H,31,32)/b22-20-/t17-,18?/m0/s1. The van der Waals surface area contributed by atoms with Crippen molar-refractivity contribution in [2.75, 3.05) is 20.7 Å². The highest BCUT2D eigenvalue weighted by Gasteiger charge is 2.48. The quantitative estimate of drug-likeness (QED) is 0.333. The number of carbonyl (C=O) groups excluding carboxylic acids is 1. The van der Waals surface area contributed by atoms with Crippen molar-refractivity contribution in [1.29, 1.82) is 0 Å². The van der Waals surface area contributed by atoms with E-state index in [1.54, 1.807) is 31.1 Å². The lowest BCUT2D eigenvalue weighted by Gasteiger charge is -2.28. The van der Waals surface area contributed by atoms with E-state index in [9.17, 15) is 14.7 Å². The molecule has 2 atom stereocenters. The van der Waals surface area contributed by atoms with Crippen LogP contribution in [0.4, 0.5) is 4.79 Å². The van der Waals surface area contributed by atoms with Gasteiger partial charge in [0.1, 0.15) is 12.4 Å². The van der Waals surface area contributed by atoms with Gasteiger partial charge in [0.05, 0.1) is 34.8 Å². The lowest BCUT2D eigenvalue weighted by atomic mass is 9.87. The number of ether oxygens (including phenoxy) is 2. The van der Waals surface area contributed by atoms with Gasteiger partial charge < -0.3 is 30.2 Å². The van der Waals surface area contributed by atoms with Crippen LogP contribution in [-0.4, -0.2) is 64.4 Å². The van der Waals surface area contributed by atoms with E-state index in [1.165, 1.54) is 5.01 Å². The van der Waals surface area contributed by atoms with Crippen LogP contribution in [0.5, 0.6) is 5.75 Å². The normalized spacial score (nSPS) is 21.5. The molecular formula is C25H39N5O5. The zero-order valence-electron chi connectivity index (χ0n) is 21.2. The summed E-state index contributed by atoms with van der Waals surface area (Å²) in [6.45, 7) is 3.84. The number of hydrazine groups is 1. The summed E-state index contributed by atoms with van der Waals surface area (Å²) in [5.74, 6) is 5.45. The summed E-state index contributed by atoms with van der Waals surface area (Å²) in [5, 5.41) is 10.6. The maximum Gasteiger partial charge on any atom is 0.410 e.